The quantitative estimate of drug-likeness (QED) is 0.744. The third-order valence-corrected chi connectivity index (χ3v) is 2.65. The molecular weight excluding hydrogens is 188 g/mol. The Balaban J connectivity index is 2.24. The average molecular weight is 204 g/mol. The molecule has 0 saturated heterocycles. The van der Waals surface area contributed by atoms with Crippen molar-refractivity contribution in [1.29, 1.82) is 0 Å². The molecule has 0 aromatic carbocycles. The van der Waals surface area contributed by atoms with Gasteiger partial charge in [0.2, 0.25) is 0 Å². The summed E-state index contributed by atoms with van der Waals surface area (Å²) in [5.74, 6) is 1.04. The second kappa shape index (κ2) is 4.45. The first-order valence-electron chi connectivity index (χ1n) is 5.27. The number of anilines is 1. The number of hydrogen-bond donors (Lipinski definition) is 1. The third kappa shape index (κ3) is 2.18. The third-order valence-electron chi connectivity index (χ3n) is 2.65. The molecule has 1 N–H and O–H groups in total. The second-order valence-electron chi connectivity index (χ2n) is 3.85. The van der Waals surface area contributed by atoms with E-state index in [2.05, 4.69) is 22.0 Å². The van der Waals surface area contributed by atoms with Crippen molar-refractivity contribution >= 4 is 5.82 Å². The van der Waals surface area contributed by atoms with Gasteiger partial charge in [0.25, 0.3) is 0 Å². The fourth-order valence-corrected chi connectivity index (χ4v) is 1.88. The number of nitrogens with zero attached hydrogens (tertiary/aromatic N) is 2. The highest BCUT2D eigenvalue weighted by molar-refractivity contribution is 5.48. The van der Waals surface area contributed by atoms with Gasteiger partial charge in [-0.15, -0.1) is 0 Å². The van der Waals surface area contributed by atoms with E-state index in [1.807, 2.05) is 13.0 Å². The standard InChI is InChI=1S/C12H16N2O/c1-10-7-11(9-15)8-13-12(10)14-5-3-2-4-6-14/h2-3,7-8,15H,4-6,9H2,1H3. The van der Waals surface area contributed by atoms with Crippen LogP contribution in [0.2, 0.25) is 0 Å². The molecule has 15 heavy (non-hydrogen) atoms. The molecule has 1 aliphatic heterocycles. The van der Waals surface area contributed by atoms with Crippen molar-refractivity contribution in [3.63, 3.8) is 0 Å². The average Bonchev–Trinajstić information content (AvgIpc) is 2.30. The maximum Gasteiger partial charge on any atom is 0.131 e. The molecular formula is C12H16N2O. The molecule has 0 radical (unpaired) electrons. The first-order chi connectivity index (χ1) is 7.31. The molecule has 0 unspecified atom stereocenters. The van der Waals surface area contributed by atoms with Gasteiger partial charge < -0.3 is 10.0 Å². The minimum absolute atomic E-state index is 0.0635. The van der Waals surface area contributed by atoms with Crippen LogP contribution in [0.1, 0.15) is 17.5 Å². The van der Waals surface area contributed by atoms with E-state index in [1.54, 1.807) is 6.20 Å². The summed E-state index contributed by atoms with van der Waals surface area (Å²) in [6.45, 7) is 4.07. The van der Waals surface area contributed by atoms with Crippen LogP contribution in [0.25, 0.3) is 0 Å². The molecule has 0 fully saturated rings. The van der Waals surface area contributed by atoms with Crippen molar-refractivity contribution < 1.29 is 5.11 Å². The summed E-state index contributed by atoms with van der Waals surface area (Å²) in [6.07, 6.45) is 7.21. The normalized spacial score (nSPS) is 15.7. The van der Waals surface area contributed by atoms with E-state index in [9.17, 15) is 0 Å². The van der Waals surface area contributed by atoms with Crippen LogP contribution in [0.3, 0.4) is 0 Å². The maximum atomic E-state index is 9.00. The zero-order chi connectivity index (χ0) is 10.7. The highest BCUT2D eigenvalue weighted by Crippen LogP contribution is 2.19. The van der Waals surface area contributed by atoms with Gasteiger partial charge in [-0.2, -0.15) is 0 Å². The summed E-state index contributed by atoms with van der Waals surface area (Å²) in [4.78, 5) is 6.67. The molecule has 0 bridgehead atoms. The molecule has 0 spiro atoms. The zero-order valence-corrected chi connectivity index (χ0v) is 8.98. The summed E-state index contributed by atoms with van der Waals surface area (Å²) >= 11 is 0. The van der Waals surface area contributed by atoms with Gasteiger partial charge in [-0.25, -0.2) is 4.98 Å². The largest absolute Gasteiger partial charge is 0.392 e. The Morgan fingerprint density at radius 3 is 2.93 bits per heavy atom. The fraction of sp³-hybridized carbons (Fsp3) is 0.417. The molecule has 3 nitrogen and oxygen atoms in total. The van der Waals surface area contributed by atoms with Crippen LogP contribution in [0, 0.1) is 6.92 Å². The number of aliphatic hydroxyl groups is 1. The molecule has 0 saturated carbocycles. The molecule has 2 rings (SSSR count). The van der Waals surface area contributed by atoms with E-state index in [-0.39, 0.29) is 6.61 Å². The van der Waals surface area contributed by atoms with Gasteiger partial charge in [0, 0.05) is 19.3 Å². The van der Waals surface area contributed by atoms with Crippen molar-refractivity contribution in [3.05, 3.63) is 35.5 Å². The van der Waals surface area contributed by atoms with Crippen LogP contribution in [-0.4, -0.2) is 23.2 Å². The van der Waals surface area contributed by atoms with Crippen LogP contribution in [-0.2, 0) is 6.61 Å². The van der Waals surface area contributed by atoms with Gasteiger partial charge in [0.05, 0.1) is 6.61 Å². The van der Waals surface area contributed by atoms with Crippen LogP contribution in [0.15, 0.2) is 24.4 Å². The Morgan fingerprint density at radius 1 is 1.47 bits per heavy atom. The monoisotopic (exact) mass is 204 g/mol. The Bertz CT molecular complexity index is 374. The summed E-state index contributed by atoms with van der Waals surface area (Å²) < 4.78 is 0. The van der Waals surface area contributed by atoms with E-state index in [4.69, 9.17) is 5.11 Å². The summed E-state index contributed by atoms with van der Waals surface area (Å²) in [7, 11) is 0. The van der Waals surface area contributed by atoms with Gasteiger partial charge in [-0.3, -0.25) is 0 Å². The van der Waals surface area contributed by atoms with E-state index < -0.39 is 0 Å². The van der Waals surface area contributed by atoms with Gasteiger partial charge >= 0.3 is 0 Å². The van der Waals surface area contributed by atoms with Gasteiger partial charge in [0.15, 0.2) is 0 Å². The molecule has 2 heterocycles. The molecule has 3 heteroatoms. The van der Waals surface area contributed by atoms with E-state index in [0.29, 0.717) is 0 Å². The van der Waals surface area contributed by atoms with Crippen LogP contribution in [0.4, 0.5) is 5.82 Å². The first kappa shape index (κ1) is 10.2. The fourth-order valence-electron chi connectivity index (χ4n) is 1.88. The lowest BCUT2D eigenvalue weighted by molar-refractivity contribution is 0.281. The molecule has 0 atom stereocenters. The Labute approximate surface area is 90.1 Å². The summed E-state index contributed by atoms with van der Waals surface area (Å²) in [5, 5.41) is 9.00. The topological polar surface area (TPSA) is 36.4 Å². The highest BCUT2D eigenvalue weighted by Gasteiger charge is 2.11. The number of hydrogen-bond acceptors (Lipinski definition) is 3. The predicted octanol–water partition coefficient (Wildman–Crippen LogP) is 1.65. The molecule has 1 aromatic rings. The summed E-state index contributed by atoms with van der Waals surface area (Å²) in [5.41, 5.74) is 2.01. The Morgan fingerprint density at radius 2 is 2.33 bits per heavy atom. The molecule has 1 aliphatic rings. The second-order valence-corrected chi connectivity index (χ2v) is 3.85. The molecule has 1 aromatic heterocycles. The number of rotatable bonds is 2. The zero-order valence-electron chi connectivity index (χ0n) is 8.98. The Kier molecular flexibility index (Phi) is 3.02. The highest BCUT2D eigenvalue weighted by atomic mass is 16.3. The van der Waals surface area contributed by atoms with Crippen molar-refractivity contribution in [2.45, 2.75) is 20.0 Å². The lowest BCUT2D eigenvalue weighted by Gasteiger charge is -2.26. The van der Waals surface area contributed by atoms with Crippen molar-refractivity contribution in [2.24, 2.45) is 0 Å². The smallest absolute Gasteiger partial charge is 0.131 e. The van der Waals surface area contributed by atoms with Crippen molar-refractivity contribution in [1.82, 2.24) is 4.98 Å². The minimum Gasteiger partial charge on any atom is -0.392 e. The van der Waals surface area contributed by atoms with Crippen LogP contribution < -0.4 is 4.90 Å². The molecule has 0 aliphatic carbocycles. The number of pyridine rings is 1. The number of aryl methyl sites for hydroxylation is 1. The molecule has 0 amide bonds. The van der Waals surface area contributed by atoms with Gasteiger partial charge in [-0.05, 0) is 30.5 Å². The molecule has 80 valence electrons. The predicted molar refractivity (Wildman–Crippen MR) is 60.9 cm³/mol. The first-order valence-corrected chi connectivity index (χ1v) is 5.27. The minimum atomic E-state index is 0.0635. The van der Waals surface area contributed by atoms with Gasteiger partial charge in [-0.1, -0.05) is 12.2 Å². The SMILES string of the molecule is Cc1cc(CO)cnc1N1CC=CCC1. The summed E-state index contributed by atoms with van der Waals surface area (Å²) in [6, 6.07) is 2.00. The van der Waals surface area contributed by atoms with E-state index in [0.717, 1.165) is 36.5 Å². The van der Waals surface area contributed by atoms with Crippen molar-refractivity contribution in [3.8, 4) is 0 Å². The van der Waals surface area contributed by atoms with E-state index >= 15 is 0 Å². The maximum absolute atomic E-state index is 9.00. The Hall–Kier alpha value is -1.35. The number of aromatic nitrogens is 1. The lowest BCUT2D eigenvalue weighted by Crippen LogP contribution is -2.28. The number of aliphatic hydroxyl groups excluding tert-OH is 1. The van der Waals surface area contributed by atoms with Crippen LogP contribution >= 0.6 is 0 Å². The van der Waals surface area contributed by atoms with Crippen molar-refractivity contribution in [2.75, 3.05) is 18.0 Å². The van der Waals surface area contributed by atoms with E-state index in [1.165, 1.54) is 0 Å². The van der Waals surface area contributed by atoms with Gasteiger partial charge in [0.1, 0.15) is 5.82 Å². The van der Waals surface area contributed by atoms with Crippen LogP contribution in [0.5, 0.6) is 0 Å². The lowest BCUT2D eigenvalue weighted by atomic mass is 10.2.